The lowest BCUT2D eigenvalue weighted by molar-refractivity contribution is 0.0946. The van der Waals surface area contributed by atoms with Gasteiger partial charge in [0.2, 0.25) is 0 Å². The topological polar surface area (TPSA) is 63.2 Å². The molecular formula is C22H23N3O2. The summed E-state index contributed by atoms with van der Waals surface area (Å²) >= 11 is 0. The minimum Gasteiger partial charge on any atom is -0.496 e. The monoisotopic (exact) mass is 361 g/mol. The molecule has 0 spiro atoms. The molecule has 0 atom stereocenters. The Labute approximate surface area is 159 Å². The van der Waals surface area contributed by atoms with E-state index in [4.69, 9.17) is 4.74 Å². The van der Waals surface area contributed by atoms with E-state index in [1.54, 1.807) is 19.4 Å². The van der Waals surface area contributed by atoms with Crippen LogP contribution in [-0.2, 0) is 13.1 Å². The molecule has 5 nitrogen and oxygen atoms in total. The second kappa shape index (κ2) is 8.85. The molecule has 0 aliphatic rings. The summed E-state index contributed by atoms with van der Waals surface area (Å²) in [6.07, 6.45) is 1.63. The summed E-state index contributed by atoms with van der Waals surface area (Å²) in [5, 5.41) is 6.22. The van der Waals surface area contributed by atoms with Crippen LogP contribution in [0.2, 0.25) is 0 Å². The highest BCUT2D eigenvalue weighted by Gasteiger charge is 2.08. The van der Waals surface area contributed by atoms with Crippen LogP contribution in [0.25, 0.3) is 0 Å². The van der Waals surface area contributed by atoms with Gasteiger partial charge in [-0.2, -0.15) is 0 Å². The first kappa shape index (κ1) is 18.5. The fourth-order valence-corrected chi connectivity index (χ4v) is 2.81. The van der Waals surface area contributed by atoms with Crippen LogP contribution >= 0.6 is 0 Å². The van der Waals surface area contributed by atoms with Gasteiger partial charge in [0, 0.05) is 30.5 Å². The first-order chi connectivity index (χ1) is 13.2. The molecule has 1 amide bonds. The van der Waals surface area contributed by atoms with E-state index in [2.05, 4.69) is 21.7 Å². The molecule has 3 rings (SSSR count). The Balaban J connectivity index is 1.61. The number of amides is 1. The lowest BCUT2D eigenvalue weighted by Crippen LogP contribution is -2.23. The first-order valence-electron chi connectivity index (χ1n) is 8.81. The summed E-state index contributed by atoms with van der Waals surface area (Å²) in [6.45, 7) is 3.10. The fraction of sp³-hybridized carbons (Fsp3) is 0.182. The average Bonchev–Trinajstić information content (AvgIpc) is 2.71. The molecule has 1 aromatic heterocycles. The molecule has 2 N–H and O–H groups in total. The molecule has 138 valence electrons. The molecule has 0 aliphatic heterocycles. The summed E-state index contributed by atoms with van der Waals surface area (Å²) in [7, 11) is 1.65. The van der Waals surface area contributed by atoms with Gasteiger partial charge in [-0.15, -0.1) is 0 Å². The van der Waals surface area contributed by atoms with Crippen LogP contribution in [0.15, 0.2) is 66.9 Å². The van der Waals surface area contributed by atoms with Crippen LogP contribution in [0.4, 0.5) is 5.69 Å². The van der Waals surface area contributed by atoms with Gasteiger partial charge < -0.3 is 15.4 Å². The van der Waals surface area contributed by atoms with Gasteiger partial charge in [0.1, 0.15) is 11.4 Å². The molecule has 0 bridgehead atoms. The van der Waals surface area contributed by atoms with Crippen molar-refractivity contribution in [3.05, 3.63) is 89.2 Å². The molecule has 5 heteroatoms. The standard InChI is InChI=1S/C22H23N3O2/c1-16-6-5-7-17(12-16)14-25-22(26)20-13-19(10-11-23-20)24-15-18-8-3-4-9-21(18)27-2/h3-13H,14-15H2,1-2H3,(H,23,24)(H,25,26). The zero-order valence-electron chi connectivity index (χ0n) is 15.5. The molecule has 0 saturated heterocycles. The van der Waals surface area contributed by atoms with Gasteiger partial charge in [-0.3, -0.25) is 9.78 Å². The zero-order chi connectivity index (χ0) is 19.1. The number of anilines is 1. The Bertz CT molecular complexity index is 925. The maximum Gasteiger partial charge on any atom is 0.270 e. The number of aromatic nitrogens is 1. The van der Waals surface area contributed by atoms with Gasteiger partial charge in [0.05, 0.1) is 7.11 Å². The number of nitrogens with one attached hydrogen (secondary N) is 2. The number of nitrogens with zero attached hydrogens (tertiary/aromatic N) is 1. The Morgan fingerprint density at radius 1 is 1.04 bits per heavy atom. The third kappa shape index (κ3) is 5.07. The van der Waals surface area contributed by atoms with Crippen LogP contribution in [0.5, 0.6) is 5.75 Å². The predicted molar refractivity (Wildman–Crippen MR) is 107 cm³/mol. The third-order valence-electron chi connectivity index (χ3n) is 4.20. The van der Waals surface area contributed by atoms with E-state index < -0.39 is 0 Å². The van der Waals surface area contributed by atoms with E-state index in [9.17, 15) is 4.79 Å². The Morgan fingerprint density at radius 2 is 1.89 bits per heavy atom. The average molecular weight is 361 g/mol. The van der Waals surface area contributed by atoms with Crippen molar-refractivity contribution in [2.24, 2.45) is 0 Å². The molecule has 0 aliphatic carbocycles. The molecule has 2 aromatic carbocycles. The van der Waals surface area contributed by atoms with Crippen molar-refractivity contribution in [2.75, 3.05) is 12.4 Å². The summed E-state index contributed by atoms with van der Waals surface area (Å²) in [6, 6.07) is 19.5. The quantitative estimate of drug-likeness (QED) is 0.669. The van der Waals surface area contributed by atoms with Crippen molar-refractivity contribution in [3.63, 3.8) is 0 Å². The van der Waals surface area contributed by atoms with Crippen molar-refractivity contribution in [1.82, 2.24) is 10.3 Å². The van der Waals surface area contributed by atoms with Crippen LogP contribution in [0.1, 0.15) is 27.2 Å². The predicted octanol–water partition coefficient (Wildman–Crippen LogP) is 3.94. The minimum absolute atomic E-state index is 0.197. The molecule has 0 unspecified atom stereocenters. The number of pyridine rings is 1. The van der Waals surface area contributed by atoms with Crippen molar-refractivity contribution in [2.45, 2.75) is 20.0 Å². The van der Waals surface area contributed by atoms with Crippen molar-refractivity contribution in [3.8, 4) is 5.75 Å². The zero-order valence-corrected chi connectivity index (χ0v) is 15.5. The molecule has 3 aromatic rings. The highest BCUT2D eigenvalue weighted by molar-refractivity contribution is 5.93. The highest BCUT2D eigenvalue weighted by atomic mass is 16.5. The Kier molecular flexibility index (Phi) is 6.05. The molecule has 0 radical (unpaired) electrons. The van der Waals surface area contributed by atoms with E-state index in [0.717, 1.165) is 22.6 Å². The first-order valence-corrected chi connectivity index (χ1v) is 8.81. The number of methoxy groups -OCH3 is 1. The second-order valence-corrected chi connectivity index (χ2v) is 6.27. The van der Waals surface area contributed by atoms with E-state index in [0.29, 0.717) is 18.8 Å². The van der Waals surface area contributed by atoms with E-state index in [1.165, 1.54) is 5.56 Å². The van der Waals surface area contributed by atoms with Crippen LogP contribution < -0.4 is 15.4 Å². The van der Waals surface area contributed by atoms with Crippen molar-refractivity contribution in [1.29, 1.82) is 0 Å². The number of carbonyl (C=O) groups is 1. The number of hydrogen-bond donors (Lipinski definition) is 2. The fourth-order valence-electron chi connectivity index (χ4n) is 2.81. The highest BCUT2D eigenvalue weighted by Crippen LogP contribution is 2.19. The largest absolute Gasteiger partial charge is 0.496 e. The van der Waals surface area contributed by atoms with Gasteiger partial charge in [-0.1, -0.05) is 48.0 Å². The summed E-state index contributed by atoms with van der Waals surface area (Å²) in [5.74, 6) is 0.632. The van der Waals surface area contributed by atoms with Crippen molar-refractivity contribution >= 4 is 11.6 Å². The lowest BCUT2D eigenvalue weighted by Gasteiger charge is -2.11. The minimum atomic E-state index is -0.197. The van der Waals surface area contributed by atoms with E-state index >= 15 is 0 Å². The van der Waals surface area contributed by atoms with Gasteiger partial charge >= 0.3 is 0 Å². The van der Waals surface area contributed by atoms with Gasteiger partial charge in [0.15, 0.2) is 0 Å². The summed E-state index contributed by atoms with van der Waals surface area (Å²) in [4.78, 5) is 16.6. The van der Waals surface area contributed by atoms with Gasteiger partial charge in [-0.05, 0) is 30.7 Å². The summed E-state index contributed by atoms with van der Waals surface area (Å²) < 4.78 is 5.36. The molecule has 27 heavy (non-hydrogen) atoms. The van der Waals surface area contributed by atoms with Crippen LogP contribution in [0, 0.1) is 6.92 Å². The SMILES string of the molecule is COc1ccccc1CNc1ccnc(C(=O)NCc2cccc(C)c2)c1. The molecule has 1 heterocycles. The third-order valence-corrected chi connectivity index (χ3v) is 4.20. The Morgan fingerprint density at radius 3 is 2.70 bits per heavy atom. The van der Waals surface area contributed by atoms with E-state index in [1.807, 2.05) is 55.5 Å². The van der Waals surface area contributed by atoms with Crippen molar-refractivity contribution < 1.29 is 9.53 Å². The molecule has 0 fully saturated rings. The summed E-state index contributed by atoms with van der Waals surface area (Å²) in [5.41, 5.74) is 4.49. The number of aryl methyl sites for hydroxylation is 1. The number of para-hydroxylation sites is 1. The number of carbonyl (C=O) groups excluding carboxylic acids is 1. The maximum absolute atomic E-state index is 12.4. The smallest absolute Gasteiger partial charge is 0.270 e. The number of benzene rings is 2. The van der Waals surface area contributed by atoms with Gasteiger partial charge in [0.25, 0.3) is 5.91 Å². The van der Waals surface area contributed by atoms with E-state index in [-0.39, 0.29) is 5.91 Å². The number of rotatable bonds is 7. The maximum atomic E-state index is 12.4. The van der Waals surface area contributed by atoms with Gasteiger partial charge in [-0.25, -0.2) is 0 Å². The normalized spacial score (nSPS) is 10.3. The number of hydrogen-bond acceptors (Lipinski definition) is 4. The molecular weight excluding hydrogens is 338 g/mol. The second-order valence-electron chi connectivity index (χ2n) is 6.27. The van der Waals surface area contributed by atoms with Crippen LogP contribution in [-0.4, -0.2) is 18.0 Å². The lowest BCUT2D eigenvalue weighted by atomic mass is 10.1. The number of ether oxygens (including phenoxy) is 1. The molecule has 0 saturated carbocycles. The van der Waals surface area contributed by atoms with Crippen LogP contribution in [0.3, 0.4) is 0 Å². The Hall–Kier alpha value is -3.34.